The number of rotatable bonds is 11. The Hall–Kier alpha value is -3.51. The molecule has 2 aliphatic heterocycles. The number of hydrogen-bond donors (Lipinski definition) is 3. The SMILES string of the molecule is C[C@@H]1CN([C@H](C)CO)C(=O)Cc2cc(NC(=O)CCN3CCOCC3)ccc2O[C@H]1CN(C)Cc1ccc(C(=O)O)cc1. The molecule has 1 saturated heterocycles. The number of carboxylic acid groups (broad SMARTS) is 1. The van der Waals surface area contributed by atoms with Gasteiger partial charge in [-0.25, -0.2) is 4.79 Å². The summed E-state index contributed by atoms with van der Waals surface area (Å²) in [6.07, 6.45) is 0.164. The molecule has 4 rings (SSSR count). The summed E-state index contributed by atoms with van der Waals surface area (Å²) in [5.41, 5.74) is 2.50. The number of carbonyl (C=O) groups is 3. The van der Waals surface area contributed by atoms with Crippen LogP contribution in [0, 0.1) is 5.92 Å². The third-order valence-corrected chi connectivity index (χ3v) is 8.10. The van der Waals surface area contributed by atoms with E-state index in [1.165, 1.54) is 0 Å². The standard InChI is InChI=1S/C32H44N4O7/c1-22-18-36(23(2)21-37)31(39)17-26-16-27(33-30(38)10-11-35-12-14-42-15-13-35)8-9-28(26)43-29(22)20-34(3)19-24-4-6-25(7-5-24)32(40)41/h4-9,16,22-23,29,37H,10-15,17-21H2,1-3H3,(H,33,38)(H,40,41)/t22-,23-,29+/m1/s1. The van der Waals surface area contributed by atoms with E-state index in [0.717, 1.165) is 18.7 Å². The summed E-state index contributed by atoms with van der Waals surface area (Å²) in [6.45, 7) is 8.95. The molecular weight excluding hydrogens is 552 g/mol. The van der Waals surface area contributed by atoms with Crippen LogP contribution in [0.5, 0.6) is 5.75 Å². The number of aromatic carboxylic acids is 1. The number of aliphatic hydroxyl groups is 1. The lowest BCUT2D eigenvalue weighted by atomic mass is 10.0. The van der Waals surface area contributed by atoms with Crippen LogP contribution < -0.4 is 10.1 Å². The van der Waals surface area contributed by atoms with E-state index < -0.39 is 5.97 Å². The fourth-order valence-electron chi connectivity index (χ4n) is 5.47. The molecule has 2 aromatic carbocycles. The molecule has 1 fully saturated rings. The number of hydrogen-bond acceptors (Lipinski definition) is 8. The van der Waals surface area contributed by atoms with E-state index in [0.29, 0.717) is 62.8 Å². The van der Waals surface area contributed by atoms with E-state index in [2.05, 4.69) is 15.1 Å². The van der Waals surface area contributed by atoms with E-state index in [-0.39, 0.29) is 48.5 Å². The number of amides is 2. The van der Waals surface area contributed by atoms with Crippen LogP contribution in [0.2, 0.25) is 0 Å². The molecule has 234 valence electrons. The summed E-state index contributed by atoms with van der Waals surface area (Å²) >= 11 is 0. The highest BCUT2D eigenvalue weighted by Gasteiger charge is 2.31. The molecule has 0 spiro atoms. The van der Waals surface area contributed by atoms with Crippen LogP contribution in [0.25, 0.3) is 0 Å². The molecule has 43 heavy (non-hydrogen) atoms. The summed E-state index contributed by atoms with van der Waals surface area (Å²) in [4.78, 5) is 43.5. The minimum atomic E-state index is -0.960. The summed E-state index contributed by atoms with van der Waals surface area (Å²) in [5, 5.41) is 22.1. The van der Waals surface area contributed by atoms with Crippen LogP contribution in [-0.4, -0.2) is 114 Å². The summed E-state index contributed by atoms with van der Waals surface area (Å²) < 4.78 is 12.0. The Labute approximate surface area is 253 Å². The highest BCUT2D eigenvalue weighted by molar-refractivity contribution is 5.91. The Morgan fingerprint density at radius 3 is 2.53 bits per heavy atom. The van der Waals surface area contributed by atoms with Gasteiger partial charge in [0.25, 0.3) is 0 Å². The fraction of sp³-hybridized carbons (Fsp3) is 0.531. The number of morpholine rings is 1. The molecule has 0 bridgehead atoms. The van der Waals surface area contributed by atoms with Crippen molar-refractivity contribution in [2.24, 2.45) is 5.92 Å². The van der Waals surface area contributed by atoms with Crippen molar-refractivity contribution < 1.29 is 34.1 Å². The van der Waals surface area contributed by atoms with Crippen molar-refractivity contribution in [3.63, 3.8) is 0 Å². The first-order valence-electron chi connectivity index (χ1n) is 14.9. The van der Waals surface area contributed by atoms with Gasteiger partial charge in [0.1, 0.15) is 11.9 Å². The third-order valence-electron chi connectivity index (χ3n) is 8.10. The molecule has 0 unspecified atom stereocenters. The van der Waals surface area contributed by atoms with Crippen LogP contribution in [-0.2, 0) is 27.3 Å². The Balaban J connectivity index is 1.49. The van der Waals surface area contributed by atoms with Crippen molar-refractivity contribution in [1.29, 1.82) is 0 Å². The van der Waals surface area contributed by atoms with Gasteiger partial charge < -0.3 is 29.9 Å². The molecule has 2 amide bonds. The van der Waals surface area contributed by atoms with E-state index in [1.807, 2.05) is 45.2 Å². The maximum Gasteiger partial charge on any atom is 0.335 e. The van der Waals surface area contributed by atoms with Gasteiger partial charge >= 0.3 is 5.97 Å². The van der Waals surface area contributed by atoms with Crippen LogP contribution in [0.4, 0.5) is 5.69 Å². The van der Waals surface area contributed by atoms with Gasteiger partial charge in [-0.05, 0) is 49.9 Å². The lowest BCUT2D eigenvalue weighted by molar-refractivity contribution is -0.134. The molecule has 11 heteroatoms. The number of benzene rings is 2. The molecule has 2 aromatic rings. The number of ether oxygens (including phenoxy) is 2. The van der Waals surface area contributed by atoms with Crippen LogP contribution in [0.15, 0.2) is 42.5 Å². The highest BCUT2D eigenvalue weighted by Crippen LogP contribution is 2.29. The van der Waals surface area contributed by atoms with Crippen molar-refractivity contribution in [2.75, 3.05) is 64.9 Å². The molecule has 2 heterocycles. The lowest BCUT2D eigenvalue weighted by Gasteiger charge is -2.34. The van der Waals surface area contributed by atoms with Crippen molar-refractivity contribution in [3.8, 4) is 5.75 Å². The summed E-state index contributed by atoms with van der Waals surface area (Å²) in [6, 6.07) is 11.9. The van der Waals surface area contributed by atoms with Gasteiger partial charge in [-0.1, -0.05) is 19.1 Å². The smallest absolute Gasteiger partial charge is 0.335 e. The molecule has 3 atom stereocenters. The van der Waals surface area contributed by atoms with Crippen LogP contribution >= 0.6 is 0 Å². The van der Waals surface area contributed by atoms with Gasteiger partial charge in [-0.2, -0.15) is 0 Å². The number of likely N-dealkylation sites (N-methyl/N-ethyl adjacent to an activating group) is 1. The second kappa shape index (κ2) is 15.3. The third kappa shape index (κ3) is 9.24. The van der Waals surface area contributed by atoms with Crippen molar-refractivity contribution in [3.05, 3.63) is 59.2 Å². The molecular formula is C32H44N4O7. The zero-order valence-corrected chi connectivity index (χ0v) is 25.3. The number of anilines is 1. The lowest BCUT2D eigenvalue weighted by Crippen LogP contribution is -2.47. The van der Waals surface area contributed by atoms with E-state index >= 15 is 0 Å². The minimum Gasteiger partial charge on any atom is -0.488 e. The second-order valence-electron chi connectivity index (χ2n) is 11.7. The van der Waals surface area contributed by atoms with Gasteiger partial charge in [0, 0.05) is 62.9 Å². The highest BCUT2D eigenvalue weighted by atomic mass is 16.5. The molecule has 2 aliphatic rings. The normalized spacial score (nSPS) is 20.4. The largest absolute Gasteiger partial charge is 0.488 e. The molecule has 3 N–H and O–H groups in total. The zero-order chi connectivity index (χ0) is 30.9. The second-order valence-corrected chi connectivity index (χ2v) is 11.7. The average molecular weight is 597 g/mol. The number of carboxylic acids is 1. The van der Waals surface area contributed by atoms with Gasteiger partial charge in [-0.15, -0.1) is 0 Å². The quantitative estimate of drug-likeness (QED) is 0.358. The summed E-state index contributed by atoms with van der Waals surface area (Å²) in [5.74, 6) is -0.629. The Kier molecular flexibility index (Phi) is 11.5. The van der Waals surface area contributed by atoms with Gasteiger partial charge in [0.15, 0.2) is 0 Å². The first kappa shape index (κ1) is 32.4. The first-order valence-corrected chi connectivity index (χ1v) is 14.9. The van der Waals surface area contributed by atoms with E-state index in [4.69, 9.17) is 9.47 Å². The molecule has 0 radical (unpaired) electrons. The van der Waals surface area contributed by atoms with Crippen LogP contribution in [0.3, 0.4) is 0 Å². The van der Waals surface area contributed by atoms with E-state index in [9.17, 15) is 24.6 Å². The predicted octanol–water partition coefficient (Wildman–Crippen LogP) is 2.33. The molecule has 0 saturated carbocycles. The predicted molar refractivity (Wildman–Crippen MR) is 162 cm³/mol. The van der Waals surface area contributed by atoms with Gasteiger partial charge in [0.2, 0.25) is 11.8 Å². The minimum absolute atomic E-state index is 0.0553. The fourth-order valence-corrected chi connectivity index (χ4v) is 5.47. The number of fused-ring (bicyclic) bond motifs is 1. The maximum absolute atomic E-state index is 13.5. The number of nitrogens with one attached hydrogen (secondary N) is 1. The van der Waals surface area contributed by atoms with Gasteiger partial charge in [0.05, 0.1) is 37.8 Å². The molecule has 0 aromatic heterocycles. The first-order chi connectivity index (χ1) is 20.6. The van der Waals surface area contributed by atoms with E-state index in [1.54, 1.807) is 23.1 Å². The monoisotopic (exact) mass is 596 g/mol. The number of carbonyl (C=O) groups excluding carboxylic acids is 2. The maximum atomic E-state index is 13.5. The Morgan fingerprint density at radius 2 is 1.86 bits per heavy atom. The summed E-state index contributed by atoms with van der Waals surface area (Å²) in [7, 11) is 1.98. The molecule has 0 aliphatic carbocycles. The number of aliphatic hydroxyl groups excluding tert-OH is 1. The van der Waals surface area contributed by atoms with Crippen molar-refractivity contribution in [1.82, 2.24) is 14.7 Å². The van der Waals surface area contributed by atoms with Gasteiger partial charge in [-0.3, -0.25) is 19.4 Å². The topological polar surface area (TPSA) is 132 Å². The number of nitrogens with zero attached hydrogens (tertiary/aromatic N) is 3. The Bertz CT molecular complexity index is 1250. The Morgan fingerprint density at radius 1 is 1.14 bits per heavy atom. The molecule has 11 nitrogen and oxygen atoms in total. The van der Waals surface area contributed by atoms with Crippen LogP contribution in [0.1, 0.15) is 41.8 Å². The zero-order valence-electron chi connectivity index (χ0n) is 25.3. The van der Waals surface area contributed by atoms with Crippen molar-refractivity contribution >= 4 is 23.5 Å². The average Bonchev–Trinajstić information content (AvgIpc) is 3.04. The van der Waals surface area contributed by atoms with Crippen molar-refractivity contribution in [2.45, 2.75) is 45.4 Å².